The standard InChI is InChI=1S/C40H24N2O3S/c43-46(44)35-14-8-7-13-31(35)32-21-19-30(24-36(32)46)40-41-37(28-17-15-27(16-18-28)25-9-3-1-4-10-25)39-38(42-40)33-23-29(20-22-34(33)45-39)26-11-5-2-6-12-26/h1-24H. The SMILES string of the molecule is O=S1(=O)c2ccccc2-c2ccc(-c3nc(-c4ccc(-c5ccccc5)cc4)c4oc5ccc(-c6ccccc6)cc5c4n3)cc21. The highest BCUT2D eigenvalue weighted by atomic mass is 32.2. The second-order valence-electron chi connectivity index (χ2n) is 11.4. The fourth-order valence-electron chi connectivity index (χ4n) is 6.38. The molecule has 0 spiro atoms. The van der Waals surface area contributed by atoms with Crippen LogP contribution in [0.4, 0.5) is 0 Å². The Hall–Kier alpha value is -5.85. The van der Waals surface area contributed by atoms with E-state index < -0.39 is 9.84 Å². The highest BCUT2D eigenvalue weighted by Gasteiger charge is 2.33. The fourth-order valence-corrected chi connectivity index (χ4v) is 8.09. The Balaban J connectivity index is 1.26. The number of benzene rings is 6. The predicted molar refractivity (Wildman–Crippen MR) is 182 cm³/mol. The lowest BCUT2D eigenvalue weighted by Crippen LogP contribution is -1.98. The van der Waals surface area contributed by atoms with Crippen molar-refractivity contribution in [2.45, 2.75) is 9.79 Å². The summed E-state index contributed by atoms with van der Waals surface area (Å²) in [4.78, 5) is 10.7. The molecule has 218 valence electrons. The molecule has 3 heterocycles. The molecule has 9 rings (SSSR count). The van der Waals surface area contributed by atoms with Gasteiger partial charge in [0, 0.05) is 27.6 Å². The minimum Gasteiger partial charge on any atom is -0.452 e. The van der Waals surface area contributed by atoms with E-state index in [1.54, 1.807) is 18.2 Å². The van der Waals surface area contributed by atoms with Gasteiger partial charge in [-0.3, -0.25) is 0 Å². The molecule has 6 aromatic carbocycles. The van der Waals surface area contributed by atoms with Crippen LogP contribution in [0, 0.1) is 0 Å². The zero-order valence-electron chi connectivity index (χ0n) is 24.4. The zero-order chi connectivity index (χ0) is 30.8. The van der Waals surface area contributed by atoms with Crippen LogP contribution in [0.2, 0.25) is 0 Å². The van der Waals surface area contributed by atoms with Crippen LogP contribution >= 0.6 is 0 Å². The second kappa shape index (κ2) is 10.1. The number of nitrogens with zero attached hydrogens (tertiary/aromatic N) is 2. The van der Waals surface area contributed by atoms with Crippen LogP contribution in [0.5, 0.6) is 0 Å². The summed E-state index contributed by atoms with van der Waals surface area (Å²) in [7, 11) is -3.67. The summed E-state index contributed by atoms with van der Waals surface area (Å²) < 4.78 is 33.6. The normalized spacial score (nSPS) is 13.1. The molecule has 0 bridgehead atoms. The van der Waals surface area contributed by atoms with Crippen molar-refractivity contribution in [2.75, 3.05) is 0 Å². The first-order chi connectivity index (χ1) is 22.5. The van der Waals surface area contributed by atoms with E-state index in [9.17, 15) is 8.42 Å². The number of aromatic nitrogens is 2. The van der Waals surface area contributed by atoms with Gasteiger partial charge in [-0.1, -0.05) is 121 Å². The molecule has 0 radical (unpaired) electrons. The molecule has 0 atom stereocenters. The summed E-state index contributed by atoms with van der Waals surface area (Å²) in [6, 6.07) is 47.3. The van der Waals surface area contributed by atoms with Gasteiger partial charge < -0.3 is 4.42 Å². The molecule has 8 aromatic rings. The number of fused-ring (bicyclic) bond motifs is 6. The van der Waals surface area contributed by atoms with Crippen molar-refractivity contribution in [3.8, 4) is 56.0 Å². The molecule has 0 saturated carbocycles. The van der Waals surface area contributed by atoms with Crippen molar-refractivity contribution in [2.24, 2.45) is 0 Å². The van der Waals surface area contributed by atoms with Crippen LogP contribution in [0.15, 0.2) is 160 Å². The number of sulfone groups is 1. The topological polar surface area (TPSA) is 73.1 Å². The van der Waals surface area contributed by atoms with E-state index in [1.807, 2.05) is 84.9 Å². The van der Waals surface area contributed by atoms with E-state index in [4.69, 9.17) is 14.4 Å². The average Bonchev–Trinajstić information content (AvgIpc) is 3.60. The lowest BCUT2D eigenvalue weighted by Gasteiger charge is -2.09. The van der Waals surface area contributed by atoms with Crippen molar-refractivity contribution in [1.82, 2.24) is 9.97 Å². The Labute approximate surface area is 265 Å². The summed E-state index contributed by atoms with van der Waals surface area (Å²) in [5.74, 6) is 0.427. The quantitative estimate of drug-likeness (QED) is 0.198. The molecule has 0 N–H and O–H groups in total. The first kappa shape index (κ1) is 26.5. The maximum Gasteiger partial charge on any atom is 0.207 e. The first-order valence-electron chi connectivity index (χ1n) is 15.0. The van der Waals surface area contributed by atoms with Crippen molar-refractivity contribution >= 4 is 31.9 Å². The summed E-state index contributed by atoms with van der Waals surface area (Å²) >= 11 is 0. The third-order valence-corrected chi connectivity index (χ3v) is 10.5. The van der Waals surface area contributed by atoms with Crippen LogP contribution in [0.1, 0.15) is 0 Å². The molecule has 0 amide bonds. The van der Waals surface area contributed by atoms with Gasteiger partial charge in [0.25, 0.3) is 0 Å². The minimum absolute atomic E-state index is 0.270. The third-order valence-electron chi connectivity index (χ3n) is 8.68. The van der Waals surface area contributed by atoms with Gasteiger partial charge in [0.1, 0.15) is 16.8 Å². The van der Waals surface area contributed by atoms with Gasteiger partial charge in [0.15, 0.2) is 11.4 Å². The van der Waals surface area contributed by atoms with Crippen LogP contribution in [0.3, 0.4) is 0 Å². The van der Waals surface area contributed by atoms with Crippen molar-refractivity contribution < 1.29 is 12.8 Å². The maximum atomic E-state index is 13.6. The number of furan rings is 1. The lowest BCUT2D eigenvalue weighted by atomic mass is 10.0. The lowest BCUT2D eigenvalue weighted by molar-refractivity contribution is 0.598. The largest absolute Gasteiger partial charge is 0.452 e. The Bertz CT molecular complexity index is 2580. The molecule has 0 aliphatic carbocycles. The van der Waals surface area contributed by atoms with Crippen LogP contribution < -0.4 is 0 Å². The fraction of sp³-hybridized carbons (Fsp3) is 0. The Kier molecular flexibility index (Phi) is 5.82. The predicted octanol–water partition coefficient (Wildman–Crippen LogP) is 9.86. The molecule has 1 aliphatic heterocycles. The van der Waals surface area contributed by atoms with E-state index in [0.717, 1.165) is 33.2 Å². The van der Waals surface area contributed by atoms with Gasteiger partial charge in [-0.2, -0.15) is 0 Å². The van der Waals surface area contributed by atoms with Gasteiger partial charge in [-0.05, 0) is 46.5 Å². The van der Waals surface area contributed by atoms with Crippen molar-refractivity contribution in [3.63, 3.8) is 0 Å². The smallest absolute Gasteiger partial charge is 0.207 e. The highest BCUT2D eigenvalue weighted by Crippen LogP contribution is 2.45. The molecule has 0 fully saturated rings. The molecule has 2 aromatic heterocycles. The second-order valence-corrected chi connectivity index (χ2v) is 13.3. The first-order valence-corrected chi connectivity index (χ1v) is 16.5. The van der Waals surface area contributed by atoms with E-state index in [-0.39, 0.29) is 4.90 Å². The van der Waals surface area contributed by atoms with Crippen LogP contribution in [-0.4, -0.2) is 18.4 Å². The number of hydrogen-bond acceptors (Lipinski definition) is 5. The Morgan fingerprint density at radius 3 is 1.83 bits per heavy atom. The highest BCUT2D eigenvalue weighted by molar-refractivity contribution is 7.92. The molecular formula is C40H24N2O3S. The molecule has 46 heavy (non-hydrogen) atoms. The van der Waals surface area contributed by atoms with Gasteiger partial charge in [-0.15, -0.1) is 0 Å². The maximum absolute atomic E-state index is 13.6. The van der Waals surface area contributed by atoms with Crippen molar-refractivity contribution in [3.05, 3.63) is 146 Å². The Morgan fingerprint density at radius 1 is 0.478 bits per heavy atom. The minimum atomic E-state index is -3.67. The molecule has 5 nitrogen and oxygen atoms in total. The van der Waals surface area contributed by atoms with Crippen LogP contribution in [-0.2, 0) is 9.84 Å². The number of rotatable bonds is 4. The van der Waals surface area contributed by atoms with E-state index in [2.05, 4.69) is 42.5 Å². The van der Waals surface area contributed by atoms with Gasteiger partial charge in [-0.25, -0.2) is 18.4 Å². The van der Waals surface area contributed by atoms with E-state index in [1.165, 1.54) is 0 Å². The summed E-state index contributed by atoms with van der Waals surface area (Å²) in [6.07, 6.45) is 0. The summed E-state index contributed by atoms with van der Waals surface area (Å²) in [5, 5.41) is 0.864. The number of hydrogen-bond donors (Lipinski definition) is 0. The average molecular weight is 613 g/mol. The van der Waals surface area contributed by atoms with E-state index >= 15 is 0 Å². The van der Waals surface area contributed by atoms with Crippen LogP contribution in [0.25, 0.3) is 78.1 Å². The van der Waals surface area contributed by atoms with Crippen molar-refractivity contribution in [1.29, 1.82) is 0 Å². The molecule has 0 saturated heterocycles. The monoisotopic (exact) mass is 612 g/mol. The summed E-state index contributed by atoms with van der Waals surface area (Å²) in [6.45, 7) is 0. The van der Waals surface area contributed by atoms with E-state index in [0.29, 0.717) is 49.8 Å². The van der Waals surface area contributed by atoms with Gasteiger partial charge >= 0.3 is 0 Å². The van der Waals surface area contributed by atoms with Gasteiger partial charge in [0.05, 0.1) is 9.79 Å². The molecular weight excluding hydrogens is 589 g/mol. The summed E-state index contributed by atoms with van der Waals surface area (Å²) in [5.41, 5.74) is 9.86. The van der Waals surface area contributed by atoms with Gasteiger partial charge in [0.2, 0.25) is 9.84 Å². The molecule has 1 aliphatic rings. The third kappa shape index (κ3) is 4.11. The Morgan fingerprint density at radius 2 is 1.07 bits per heavy atom. The molecule has 0 unspecified atom stereocenters. The zero-order valence-corrected chi connectivity index (χ0v) is 25.2. The molecule has 6 heteroatoms.